The van der Waals surface area contributed by atoms with Gasteiger partial charge in [-0.25, -0.2) is 4.39 Å². The van der Waals surface area contributed by atoms with Crippen LogP contribution < -0.4 is 10.6 Å². The van der Waals surface area contributed by atoms with E-state index in [-0.39, 0.29) is 11.7 Å². The predicted octanol–water partition coefficient (Wildman–Crippen LogP) is 5.36. The molecule has 0 spiro atoms. The van der Waals surface area contributed by atoms with Crippen molar-refractivity contribution in [1.82, 2.24) is 15.5 Å². The van der Waals surface area contributed by atoms with Gasteiger partial charge in [0.05, 0.1) is 17.3 Å². The molecule has 0 saturated carbocycles. The van der Waals surface area contributed by atoms with E-state index >= 15 is 0 Å². The molecule has 1 atom stereocenters. The Bertz CT molecular complexity index is 1410. The highest BCUT2D eigenvalue weighted by molar-refractivity contribution is 6.30. The highest BCUT2D eigenvalue weighted by atomic mass is 35.5. The van der Waals surface area contributed by atoms with Gasteiger partial charge in [0, 0.05) is 27.4 Å². The van der Waals surface area contributed by atoms with E-state index in [4.69, 9.17) is 16.6 Å². The first-order chi connectivity index (χ1) is 16.0. The van der Waals surface area contributed by atoms with E-state index in [2.05, 4.69) is 20.8 Å². The molecule has 0 radical (unpaired) electrons. The summed E-state index contributed by atoms with van der Waals surface area (Å²) in [6.07, 6.45) is 1.70. The third-order valence-electron chi connectivity index (χ3n) is 5.49. The number of aromatic nitrogens is 2. The van der Waals surface area contributed by atoms with Crippen molar-refractivity contribution in [2.24, 2.45) is 4.99 Å². The maximum atomic E-state index is 13.6. The normalized spacial score (nSPS) is 15.8. The average Bonchev–Trinajstić information content (AvgIpc) is 3.27. The summed E-state index contributed by atoms with van der Waals surface area (Å²) in [4.78, 5) is 18.2. The molecular formula is C25H19ClFN5O. The van der Waals surface area contributed by atoms with Gasteiger partial charge in [-0.05, 0) is 67.1 Å². The number of benzene rings is 3. The molecule has 5 rings (SSSR count). The van der Waals surface area contributed by atoms with Crippen LogP contribution in [-0.2, 0) is 4.79 Å². The Morgan fingerprint density at radius 2 is 1.82 bits per heavy atom. The summed E-state index contributed by atoms with van der Waals surface area (Å²) in [5, 5.41) is 14.6. The number of aromatic amines is 1. The van der Waals surface area contributed by atoms with E-state index in [1.165, 1.54) is 12.1 Å². The van der Waals surface area contributed by atoms with Crippen LogP contribution in [0.2, 0.25) is 5.02 Å². The first-order valence-electron chi connectivity index (χ1n) is 10.3. The number of H-pyrrole nitrogens is 1. The largest absolute Gasteiger partial charge is 0.343 e. The van der Waals surface area contributed by atoms with Crippen LogP contribution in [0.4, 0.5) is 10.1 Å². The number of carbonyl (C=O) groups is 1. The third kappa shape index (κ3) is 4.23. The Labute approximate surface area is 194 Å². The molecular weight excluding hydrogens is 441 g/mol. The van der Waals surface area contributed by atoms with Gasteiger partial charge in [0.25, 0.3) is 5.91 Å². The van der Waals surface area contributed by atoms with Crippen LogP contribution in [0.5, 0.6) is 0 Å². The second kappa shape index (κ2) is 8.52. The number of amides is 1. The SMILES string of the molecule is CC1=C(C(=O)Nc2ccc3[nH]ncc3c2)C(c2ccc(F)cc2)N=C(c2ccc(Cl)cc2)N1. The van der Waals surface area contributed by atoms with Crippen molar-refractivity contribution in [3.8, 4) is 0 Å². The topological polar surface area (TPSA) is 82.2 Å². The fourth-order valence-corrected chi connectivity index (χ4v) is 3.96. The molecule has 0 aliphatic carbocycles. The lowest BCUT2D eigenvalue weighted by atomic mass is 9.94. The molecule has 3 N–H and O–H groups in total. The minimum absolute atomic E-state index is 0.295. The Hall–Kier alpha value is -3.97. The van der Waals surface area contributed by atoms with Crippen LogP contribution in [0.3, 0.4) is 0 Å². The number of allylic oxidation sites excluding steroid dienone is 1. The highest BCUT2D eigenvalue weighted by Gasteiger charge is 2.30. The predicted molar refractivity (Wildman–Crippen MR) is 128 cm³/mol. The van der Waals surface area contributed by atoms with Gasteiger partial charge in [-0.1, -0.05) is 23.7 Å². The molecule has 1 aliphatic rings. The number of hydrogen-bond acceptors (Lipinski definition) is 4. The van der Waals surface area contributed by atoms with Crippen molar-refractivity contribution >= 4 is 39.9 Å². The number of carbonyl (C=O) groups excluding carboxylic acids is 1. The lowest BCUT2D eigenvalue weighted by molar-refractivity contribution is -0.113. The summed E-state index contributed by atoms with van der Waals surface area (Å²) >= 11 is 6.03. The zero-order valence-corrected chi connectivity index (χ0v) is 18.3. The van der Waals surface area contributed by atoms with Crippen LogP contribution in [0.1, 0.15) is 24.1 Å². The fourth-order valence-electron chi connectivity index (χ4n) is 3.83. The van der Waals surface area contributed by atoms with Gasteiger partial charge in [0.2, 0.25) is 0 Å². The Morgan fingerprint density at radius 3 is 2.58 bits per heavy atom. The molecule has 3 aromatic carbocycles. The van der Waals surface area contributed by atoms with Crippen LogP contribution >= 0.6 is 11.6 Å². The lowest BCUT2D eigenvalue weighted by Gasteiger charge is -2.27. The standard InChI is InChI=1S/C25H19ClFN5O/c1-14-22(25(33)30-20-10-11-21-17(12-20)13-28-32-21)23(15-4-8-19(27)9-5-15)31-24(29-14)16-2-6-18(26)7-3-16/h2-13,23H,1H3,(H,28,32)(H,29,31)(H,30,33). The number of nitrogens with zero attached hydrogens (tertiary/aromatic N) is 2. The number of amidine groups is 1. The van der Waals surface area contributed by atoms with Crippen molar-refractivity contribution < 1.29 is 9.18 Å². The van der Waals surface area contributed by atoms with E-state index in [9.17, 15) is 9.18 Å². The average molecular weight is 460 g/mol. The zero-order valence-electron chi connectivity index (χ0n) is 17.6. The van der Waals surface area contributed by atoms with Gasteiger partial charge in [0.15, 0.2) is 0 Å². The summed E-state index contributed by atoms with van der Waals surface area (Å²) in [6, 6.07) is 18.2. The van der Waals surface area contributed by atoms with Gasteiger partial charge in [-0.2, -0.15) is 5.10 Å². The fraction of sp³-hybridized carbons (Fsp3) is 0.0800. The lowest BCUT2D eigenvalue weighted by Crippen LogP contribution is -2.34. The number of nitrogens with one attached hydrogen (secondary N) is 3. The first kappa shape index (κ1) is 20.9. The summed E-state index contributed by atoms with van der Waals surface area (Å²) in [5.74, 6) is -0.0411. The van der Waals surface area contributed by atoms with E-state index in [0.717, 1.165) is 16.5 Å². The quantitative estimate of drug-likeness (QED) is 0.384. The van der Waals surface area contributed by atoms with Gasteiger partial charge < -0.3 is 10.6 Å². The molecule has 2 heterocycles. The molecule has 0 saturated heterocycles. The minimum Gasteiger partial charge on any atom is -0.343 e. The molecule has 164 valence electrons. The van der Waals surface area contributed by atoms with E-state index in [0.29, 0.717) is 33.4 Å². The second-order valence-corrected chi connectivity index (χ2v) is 8.16. The molecule has 4 aromatic rings. The molecule has 1 aliphatic heterocycles. The molecule has 8 heteroatoms. The smallest absolute Gasteiger partial charge is 0.255 e. The molecule has 33 heavy (non-hydrogen) atoms. The number of hydrogen-bond donors (Lipinski definition) is 3. The molecule has 0 bridgehead atoms. The van der Waals surface area contributed by atoms with Crippen molar-refractivity contribution in [3.63, 3.8) is 0 Å². The van der Waals surface area contributed by atoms with Crippen molar-refractivity contribution in [2.45, 2.75) is 13.0 Å². The molecule has 0 fully saturated rings. The van der Waals surface area contributed by atoms with Gasteiger partial charge in [0.1, 0.15) is 17.7 Å². The molecule has 1 unspecified atom stereocenters. The summed E-state index contributed by atoms with van der Waals surface area (Å²) in [5.41, 5.74) is 4.16. The van der Waals surface area contributed by atoms with Crippen LogP contribution in [0, 0.1) is 5.82 Å². The summed E-state index contributed by atoms with van der Waals surface area (Å²) < 4.78 is 13.6. The van der Waals surface area contributed by atoms with Crippen LogP contribution in [0.15, 0.2) is 89.2 Å². The summed E-state index contributed by atoms with van der Waals surface area (Å²) in [6.45, 7) is 1.83. The molecule has 1 aromatic heterocycles. The van der Waals surface area contributed by atoms with E-state index in [1.54, 1.807) is 36.5 Å². The van der Waals surface area contributed by atoms with Crippen LogP contribution in [-0.4, -0.2) is 21.9 Å². The Kier molecular flexibility index (Phi) is 5.40. The summed E-state index contributed by atoms with van der Waals surface area (Å²) in [7, 11) is 0. The molecule has 6 nitrogen and oxygen atoms in total. The number of aliphatic imine (C=N–C) groups is 1. The highest BCUT2D eigenvalue weighted by Crippen LogP contribution is 2.33. The maximum Gasteiger partial charge on any atom is 0.255 e. The number of anilines is 1. The molecule has 1 amide bonds. The Balaban J connectivity index is 1.52. The number of halogens is 2. The monoisotopic (exact) mass is 459 g/mol. The van der Waals surface area contributed by atoms with Crippen LogP contribution in [0.25, 0.3) is 10.9 Å². The van der Waals surface area contributed by atoms with E-state index in [1.807, 2.05) is 31.2 Å². The van der Waals surface area contributed by atoms with Crippen molar-refractivity contribution in [2.75, 3.05) is 5.32 Å². The Morgan fingerprint density at radius 1 is 1.06 bits per heavy atom. The zero-order chi connectivity index (χ0) is 22.9. The van der Waals surface area contributed by atoms with Gasteiger partial charge in [-0.3, -0.25) is 14.9 Å². The first-order valence-corrected chi connectivity index (χ1v) is 10.7. The van der Waals surface area contributed by atoms with Crippen molar-refractivity contribution in [3.05, 3.63) is 106 Å². The van der Waals surface area contributed by atoms with Gasteiger partial charge in [-0.15, -0.1) is 0 Å². The van der Waals surface area contributed by atoms with E-state index < -0.39 is 6.04 Å². The van der Waals surface area contributed by atoms with Crippen molar-refractivity contribution in [1.29, 1.82) is 0 Å². The third-order valence-corrected chi connectivity index (χ3v) is 5.74. The maximum absolute atomic E-state index is 13.6. The number of rotatable bonds is 4. The second-order valence-electron chi connectivity index (χ2n) is 7.73. The minimum atomic E-state index is -0.616. The number of fused-ring (bicyclic) bond motifs is 1. The van der Waals surface area contributed by atoms with Gasteiger partial charge >= 0.3 is 0 Å².